The molecule has 2 aromatic rings. The first-order valence-corrected chi connectivity index (χ1v) is 8.87. The van der Waals surface area contributed by atoms with Crippen LogP contribution >= 0.6 is 0 Å². The topological polar surface area (TPSA) is 54.7 Å². The van der Waals surface area contributed by atoms with Crippen LogP contribution in [0.5, 0.6) is 5.75 Å². The fourth-order valence-electron chi connectivity index (χ4n) is 3.86. The van der Waals surface area contributed by atoms with Gasteiger partial charge in [-0.2, -0.15) is 0 Å². The Kier molecular flexibility index (Phi) is 4.59. The van der Waals surface area contributed by atoms with Crippen molar-refractivity contribution in [2.24, 2.45) is 5.92 Å². The van der Waals surface area contributed by atoms with Crippen LogP contribution in [-0.2, 0) is 0 Å². The van der Waals surface area contributed by atoms with E-state index >= 15 is 0 Å². The second-order valence-corrected chi connectivity index (χ2v) is 6.93. The van der Waals surface area contributed by atoms with Crippen LogP contribution in [-0.4, -0.2) is 42.8 Å². The molecule has 0 spiro atoms. The van der Waals surface area contributed by atoms with Crippen molar-refractivity contribution in [1.29, 1.82) is 0 Å². The van der Waals surface area contributed by atoms with Gasteiger partial charge in [-0.3, -0.25) is 4.79 Å². The molecule has 1 unspecified atom stereocenters. The Morgan fingerprint density at radius 3 is 2.56 bits per heavy atom. The van der Waals surface area contributed by atoms with E-state index in [4.69, 9.17) is 4.42 Å². The zero-order valence-corrected chi connectivity index (χ0v) is 14.5. The molecule has 4 heterocycles. The number of hydrogen-bond donors (Lipinski definition) is 1. The second kappa shape index (κ2) is 6.92. The number of carbonyl (C=O) groups is 1. The number of ether oxygens (including phenoxy) is 1. The highest BCUT2D eigenvalue weighted by Crippen LogP contribution is 2.35. The Morgan fingerprint density at radius 1 is 1.15 bits per heavy atom. The summed E-state index contributed by atoms with van der Waals surface area (Å²) < 4.78 is 47.3. The maximum absolute atomic E-state index is 12.6. The summed E-state index contributed by atoms with van der Waals surface area (Å²) in [4.78, 5) is 14.8. The molecule has 1 amide bonds. The molecule has 1 aromatic carbocycles. The summed E-state index contributed by atoms with van der Waals surface area (Å²) in [5.41, 5.74) is 0.136. The zero-order chi connectivity index (χ0) is 19.0. The van der Waals surface area contributed by atoms with Crippen LogP contribution in [0.4, 0.5) is 13.2 Å². The van der Waals surface area contributed by atoms with E-state index in [1.165, 1.54) is 30.3 Å². The molecule has 2 bridgehead atoms. The molecule has 27 heavy (non-hydrogen) atoms. The highest BCUT2D eigenvalue weighted by molar-refractivity contribution is 5.92. The van der Waals surface area contributed by atoms with E-state index in [0.29, 0.717) is 5.92 Å². The van der Waals surface area contributed by atoms with Crippen LogP contribution in [0.15, 0.2) is 40.8 Å². The normalized spacial score (nSPS) is 24.6. The molecule has 3 fully saturated rings. The number of alkyl halides is 3. The lowest BCUT2D eigenvalue weighted by Gasteiger charge is -2.44. The predicted octanol–water partition coefficient (Wildman–Crippen LogP) is 3.67. The smallest absolute Gasteiger partial charge is 0.451 e. The maximum Gasteiger partial charge on any atom is 0.573 e. The van der Waals surface area contributed by atoms with Gasteiger partial charge < -0.3 is 19.4 Å². The van der Waals surface area contributed by atoms with Crippen molar-refractivity contribution in [2.45, 2.75) is 25.2 Å². The highest BCUT2D eigenvalue weighted by atomic mass is 19.4. The van der Waals surface area contributed by atoms with Gasteiger partial charge in [-0.1, -0.05) is 12.1 Å². The van der Waals surface area contributed by atoms with Crippen molar-refractivity contribution in [3.05, 3.63) is 42.2 Å². The van der Waals surface area contributed by atoms with Crippen LogP contribution in [0.1, 0.15) is 23.4 Å². The van der Waals surface area contributed by atoms with E-state index < -0.39 is 6.36 Å². The number of carbonyl (C=O) groups excluding carboxylic acids is 1. The summed E-state index contributed by atoms with van der Waals surface area (Å²) in [6.45, 7) is 2.96. The summed E-state index contributed by atoms with van der Waals surface area (Å²) in [7, 11) is 0. The molecule has 1 atom stereocenters. The number of nitrogens with zero attached hydrogens (tertiary/aromatic N) is 1. The van der Waals surface area contributed by atoms with Gasteiger partial charge in [0.1, 0.15) is 11.5 Å². The maximum atomic E-state index is 12.6. The molecule has 3 aliphatic rings. The molecule has 8 heteroatoms. The summed E-state index contributed by atoms with van der Waals surface area (Å²) >= 11 is 0. The lowest BCUT2D eigenvalue weighted by Crippen LogP contribution is -2.57. The molecular formula is C19H19F3N2O3. The molecule has 3 saturated heterocycles. The van der Waals surface area contributed by atoms with Crippen molar-refractivity contribution in [1.82, 2.24) is 10.2 Å². The minimum absolute atomic E-state index is 0.0725. The monoisotopic (exact) mass is 380 g/mol. The van der Waals surface area contributed by atoms with Gasteiger partial charge in [-0.25, -0.2) is 0 Å². The average Bonchev–Trinajstić information content (AvgIpc) is 3.12. The third-order valence-electron chi connectivity index (χ3n) is 5.18. The molecule has 144 valence electrons. The quantitative estimate of drug-likeness (QED) is 0.880. The largest absolute Gasteiger partial charge is 0.573 e. The number of fused-ring (bicyclic) bond motifs is 3. The van der Waals surface area contributed by atoms with Gasteiger partial charge in [0.25, 0.3) is 5.91 Å². The highest BCUT2D eigenvalue weighted by Gasteiger charge is 2.35. The van der Waals surface area contributed by atoms with Crippen LogP contribution in [0.2, 0.25) is 0 Å². The van der Waals surface area contributed by atoms with Crippen molar-refractivity contribution in [3.8, 4) is 17.1 Å². The number of nitrogens with one attached hydrogen (secondary N) is 1. The Balaban J connectivity index is 1.50. The minimum Gasteiger partial charge on any atom is -0.451 e. The van der Waals surface area contributed by atoms with Crippen molar-refractivity contribution >= 4 is 5.91 Å². The molecule has 5 rings (SSSR count). The lowest BCUT2D eigenvalue weighted by atomic mass is 9.84. The van der Waals surface area contributed by atoms with Gasteiger partial charge in [0.2, 0.25) is 0 Å². The van der Waals surface area contributed by atoms with Gasteiger partial charge in [-0.05, 0) is 56.1 Å². The van der Waals surface area contributed by atoms with Crippen LogP contribution < -0.4 is 10.1 Å². The fraction of sp³-hybridized carbons (Fsp3) is 0.421. The van der Waals surface area contributed by atoms with Crippen LogP contribution in [0.3, 0.4) is 0 Å². The Bertz CT molecular complexity index is 826. The molecular weight excluding hydrogens is 361 g/mol. The van der Waals surface area contributed by atoms with E-state index in [1.54, 1.807) is 6.07 Å². The van der Waals surface area contributed by atoms with Crippen molar-refractivity contribution in [3.63, 3.8) is 0 Å². The number of amides is 1. The van der Waals surface area contributed by atoms with Gasteiger partial charge in [0.15, 0.2) is 5.76 Å². The third kappa shape index (κ3) is 3.95. The third-order valence-corrected chi connectivity index (χ3v) is 5.18. The van der Waals surface area contributed by atoms with Crippen LogP contribution in [0, 0.1) is 5.92 Å². The molecule has 1 N–H and O–H groups in total. The first-order valence-electron chi connectivity index (χ1n) is 8.87. The Morgan fingerprint density at radius 2 is 1.89 bits per heavy atom. The summed E-state index contributed by atoms with van der Waals surface area (Å²) in [6, 6.07) is 8.70. The molecule has 3 aliphatic heterocycles. The minimum atomic E-state index is -4.81. The number of furan rings is 1. The van der Waals surface area contributed by atoms with Gasteiger partial charge >= 0.3 is 6.36 Å². The van der Waals surface area contributed by atoms with E-state index in [-0.39, 0.29) is 34.8 Å². The number of benzene rings is 1. The number of para-hydroxylation sites is 1. The number of rotatable bonds is 4. The molecule has 0 saturated carbocycles. The van der Waals surface area contributed by atoms with Gasteiger partial charge in [0, 0.05) is 12.6 Å². The fourth-order valence-corrected chi connectivity index (χ4v) is 3.86. The summed E-state index contributed by atoms with van der Waals surface area (Å²) in [5.74, 6) is -0.0376. The molecule has 0 radical (unpaired) electrons. The lowest BCUT2D eigenvalue weighted by molar-refractivity contribution is -0.274. The average molecular weight is 380 g/mol. The Labute approximate surface area is 154 Å². The summed E-state index contributed by atoms with van der Waals surface area (Å²) in [6.07, 6.45) is -2.68. The molecule has 1 aromatic heterocycles. The first-order chi connectivity index (χ1) is 12.9. The standard InChI is InChI=1S/C19H19F3N2O3/c20-19(21,22)27-16-4-2-1-3-13(16)15-5-6-17(26-15)18(25)23-14-11-24-9-7-12(14)8-10-24/h1-6,12,14H,7-11H2,(H,23,25). The second-order valence-electron chi connectivity index (χ2n) is 6.93. The van der Waals surface area contributed by atoms with Crippen LogP contribution in [0.25, 0.3) is 11.3 Å². The summed E-state index contributed by atoms with van der Waals surface area (Å²) in [5, 5.41) is 3.00. The Hall–Kier alpha value is -2.48. The molecule has 0 aliphatic carbocycles. The van der Waals surface area contributed by atoms with Crippen molar-refractivity contribution < 1.29 is 27.1 Å². The van der Waals surface area contributed by atoms with E-state index in [9.17, 15) is 18.0 Å². The van der Waals surface area contributed by atoms with Crippen molar-refractivity contribution in [2.75, 3.05) is 19.6 Å². The molecule has 5 nitrogen and oxygen atoms in total. The van der Waals surface area contributed by atoms with Gasteiger partial charge in [0.05, 0.1) is 5.56 Å². The number of halogens is 3. The van der Waals surface area contributed by atoms with E-state index in [2.05, 4.69) is 15.0 Å². The van der Waals surface area contributed by atoms with E-state index in [1.807, 2.05) is 0 Å². The zero-order valence-electron chi connectivity index (χ0n) is 14.5. The number of hydrogen-bond acceptors (Lipinski definition) is 4. The van der Waals surface area contributed by atoms with E-state index in [0.717, 1.165) is 32.5 Å². The first kappa shape index (κ1) is 17.9. The number of piperidine rings is 3. The van der Waals surface area contributed by atoms with Gasteiger partial charge in [-0.15, -0.1) is 13.2 Å². The predicted molar refractivity (Wildman–Crippen MR) is 91.2 cm³/mol. The SMILES string of the molecule is O=C(NC1CN2CCC1CC2)c1ccc(-c2ccccc2OC(F)(F)F)o1.